The Morgan fingerprint density at radius 3 is 2.64 bits per heavy atom. The summed E-state index contributed by atoms with van der Waals surface area (Å²) in [6.45, 7) is 1.73. The van der Waals surface area contributed by atoms with E-state index in [2.05, 4.69) is 15.0 Å². The van der Waals surface area contributed by atoms with Crippen LogP contribution in [0.4, 0.5) is 20.4 Å². The molecule has 1 aliphatic heterocycles. The fourth-order valence-corrected chi connectivity index (χ4v) is 3.52. The summed E-state index contributed by atoms with van der Waals surface area (Å²) in [7, 11) is 1.84. The van der Waals surface area contributed by atoms with Gasteiger partial charge in [0, 0.05) is 31.1 Å². The lowest BCUT2D eigenvalue weighted by atomic mass is 10.1. The minimum atomic E-state index is -0.798. The minimum Gasteiger partial charge on any atom is -0.338 e. The first-order chi connectivity index (χ1) is 13.4. The lowest BCUT2D eigenvalue weighted by Crippen LogP contribution is -2.62. The molecule has 0 radical (unpaired) electrons. The summed E-state index contributed by atoms with van der Waals surface area (Å²) >= 11 is 0. The Morgan fingerprint density at radius 1 is 1.18 bits per heavy atom. The van der Waals surface area contributed by atoms with Crippen LogP contribution in [-0.4, -0.2) is 25.8 Å². The van der Waals surface area contributed by atoms with E-state index in [0.29, 0.717) is 17.2 Å². The van der Waals surface area contributed by atoms with Gasteiger partial charge in [0.15, 0.2) is 12.1 Å². The van der Waals surface area contributed by atoms with Gasteiger partial charge in [-0.1, -0.05) is 6.07 Å². The number of nitrogens with zero attached hydrogens (tertiary/aromatic N) is 6. The van der Waals surface area contributed by atoms with E-state index in [1.165, 1.54) is 0 Å². The summed E-state index contributed by atoms with van der Waals surface area (Å²) in [6, 6.07) is 3.77. The molecule has 4 heterocycles. The molecule has 1 aliphatic rings. The van der Waals surface area contributed by atoms with Gasteiger partial charge in [0.1, 0.15) is 23.6 Å². The van der Waals surface area contributed by atoms with Gasteiger partial charge in [-0.05, 0) is 13.0 Å². The molecule has 3 atom stereocenters. The van der Waals surface area contributed by atoms with E-state index in [-0.39, 0.29) is 5.69 Å². The lowest BCUT2D eigenvalue weighted by molar-refractivity contribution is 0.427. The Balaban J connectivity index is 1.83. The fourth-order valence-electron chi connectivity index (χ4n) is 3.52. The Labute approximate surface area is 160 Å². The maximum atomic E-state index is 14.4. The van der Waals surface area contributed by atoms with Crippen LogP contribution in [0.5, 0.6) is 0 Å². The molecule has 0 saturated heterocycles. The quantitative estimate of drug-likeness (QED) is 0.707. The first-order valence-electron chi connectivity index (χ1n) is 8.70. The van der Waals surface area contributed by atoms with Crippen molar-refractivity contribution in [3.8, 4) is 0 Å². The Bertz CT molecular complexity index is 1010. The highest BCUT2D eigenvalue weighted by Gasteiger charge is 2.40. The third-order valence-corrected chi connectivity index (χ3v) is 4.85. The normalized spacial score (nSPS) is 20.2. The number of pyridine rings is 2. The number of rotatable bonds is 3. The van der Waals surface area contributed by atoms with Gasteiger partial charge in [0.25, 0.3) is 0 Å². The summed E-state index contributed by atoms with van der Waals surface area (Å²) in [5, 5.41) is 0. The maximum absolute atomic E-state index is 14.4. The molecule has 0 aromatic carbocycles. The van der Waals surface area contributed by atoms with Gasteiger partial charge in [-0.15, -0.1) is 0 Å². The molecular formula is C18H20F2N8. The van der Waals surface area contributed by atoms with E-state index < -0.39 is 30.1 Å². The molecule has 0 amide bonds. The third kappa shape index (κ3) is 2.86. The average molecular weight is 386 g/mol. The highest BCUT2D eigenvalue weighted by atomic mass is 19.1. The van der Waals surface area contributed by atoms with Crippen LogP contribution in [0, 0.1) is 11.6 Å². The second-order valence-corrected chi connectivity index (χ2v) is 6.68. The van der Waals surface area contributed by atoms with E-state index in [9.17, 15) is 8.78 Å². The summed E-state index contributed by atoms with van der Waals surface area (Å²) in [4.78, 5) is 16.1. The molecule has 146 valence electrons. The van der Waals surface area contributed by atoms with Gasteiger partial charge in [-0.25, -0.2) is 18.7 Å². The van der Waals surface area contributed by atoms with Crippen LogP contribution in [0.1, 0.15) is 30.4 Å². The predicted molar refractivity (Wildman–Crippen MR) is 99.9 cm³/mol. The zero-order chi connectivity index (χ0) is 20.0. The van der Waals surface area contributed by atoms with E-state index in [4.69, 9.17) is 11.5 Å². The van der Waals surface area contributed by atoms with E-state index in [1.807, 2.05) is 13.1 Å². The van der Waals surface area contributed by atoms with Crippen LogP contribution in [0.3, 0.4) is 0 Å². The highest BCUT2D eigenvalue weighted by molar-refractivity contribution is 5.60. The second-order valence-electron chi connectivity index (χ2n) is 6.68. The Kier molecular flexibility index (Phi) is 4.44. The molecule has 0 bridgehead atoms. The van der Waals surface area contributed by atoms with Gasteiger partial charge in [0.2, 0.25) is 0 Å². The summed E-state index contributed by atoms with van der Waals surface area (Å²) in [5.74, 6) is -0.405. The summed E-state index contributed by atoms with van der Waals surface area (Å²) in [6.07, 6.45) is 4.63. The lowest BCUT2D eigenvalue weighted by Gasteiger charge is -2.48. The molecule has 0 aliphatic carbocycles. The average Bonchev–Trinajstić information content (AvgIpc) is 3.07. The van der Waals surface area contributed by atoms with Crippen molar-refractivity contribution in [2.24, 2.45) is 18.5 Å². The van der Waals surface area contributed by atoms with Crippen LogP contribution >= 0.6 is 0 Å². The zero-order valence-corrected chi connectivity index (χ0v) is 15.4. The predicted octanol–water partition coefficient (Wildman–Crippen LogP) is 1.78. The van der Waals surface area contributed by atoms with Gasteiger partial charge in [-0.3, -0.25) is 10.7 Å². The number of nitrogens with two attached hydrogens (primary N) is 2. The summed E-state index contributed by atoms with van der Waals surface area (Å²) < 4.78 is 29.5. The second kappa shape index (κ2) is 6.80. The number of aromatic nitrogens is 4. The Morgan fingerprint density at radius 2 is 1.96 bits per heavy atom. The fraction of sp³-hybridized carbons (Fsp3) is 0.278. The van der Waals surface area contributed by atoms with Crippen molar-refractivity contribution in [2.45, 2.75) is 25.4 Å². The van der Waals surface area contributed by atoms with Crippen molar-refractivity contribution >= 4 is 11.6 Å². The number of imidazole rings is 1. The van der Waals surface area contributed by atoms with E-state index in [1.54, 1.807) is 46.1 Å². The van der Waals surface area contributed by atoms with Crippen LogP contribution in [0.2, 0.25) is 0 Å². The summed E-state index contributed by atoms with van der Waals surface area (Å²) in [5.41, 5.74) is 13.8. The number of aryl methyl sites for hydroxylation is 1. The number of hydrogen-bond donors (Lipinski definition) is 2. The molecular weight excluding hydrogens is 366 g/mol. The van der Waals surface area contributed by atoms with Crippen LogP contribution in [0.25, 0.3) is 0 Å². The smallest absolute Gasteiger partial charge is 0.159 e. The molecule has 8 nitrogen and oxygen atoms in total. The van der Waals surface area contributed by atoms with E-state index in [0.717, 1.165) is 12.3 Å². The molecule has 4 rings (SSSR count). The van der Waals surface area contributed by atoms with Crippen LogP contribution < -0.4 is 21.3 Å². The largest absolute Gasteiger partial charge is 0.338 e. The van der Waals surface area contributed by atoms with Crippen LogP contribution in [0.15, 0.2) is 43.1 Å². The molecule has 28 heavy (non-hydrogen) atoms. The first-order valence-corrected chi connectivity index (χ1v) is 8.70. The minimum absolute atomic E-state index is 0.0601. The molecule has 3 aromatic rings. The highest BCUT2D eigenvalue weighted by Crippen LogP contribution is 2.39. The molecule has 3 aromatic heterocycles. The topological polar surface area (TPSA) is 102 Å². The Hall–Kier alpha value is -3.11. The molecule has 3 unspecified atom stereocenters. The molecule has 4 N–H and O–H groups in total. The van der Waals surface area contributed by atoms with Gasteiger partial charge in [-0.2, -0.15) is 0 Å². The standard InChI is InChI=1S/C18H20F2N8/c1-10(15-13(20)6-11(19)7-24-15)27-17-12(4-3-5-23-17)16(21)28(18(27)22)14-8-26(2)9-25-14/h3-10,16,18H,21-22H2,1-2H3. The molecule has 0 saturated carbocycles. The van der Waals surface area contributed by atoms with Crippen molar-refractivity contribution in [2.75, 3.05) is 9.80 Å². The first kappa shape index (κ1) is 18.3. The third-order valence-electron chi connectivity index (χ3n) is 4.85. The monoisotopic (exact) mass is 386 g/mol. The maximum Gasteiger partial charge on any atom is 0.159 e. The molecule has 10 heteroatoms. The zero-order valence-electron chi connectivity index (χ0n) is 15.4. The van der Waals surface area contributed by atoms with Crippen molar-refractivity contribution < 1.29 is 8.78 Å². The SMILES string of the molecule is CC(c1ncc(F)cc1F)N1c2ncccc2C(N)N(c2cn(C)cn2)C1N. The number of hydrogen-bond acceptors (Lipinski definition) is 7. The number of halogens is 2. The van der Waals surface area contributed by atoms with Gasteiger partial charge < -0.3 is 20.1 Å². The van der Waals surface area contributed by atoms with Gasteiger partial charge in [0.05, 0.1) is 24.3 Å². The number of fused-ring (bicyclic) bond motifs is 1. The van der Waals surface area contributed by atoms with Crippen molar-refractivity contribution in [1.29, 1.82) is 0 Å². The molecule has 0 fully saturated rings. The van der Waals surface area contributed by atoms with Crippen molar-refractivity contribution in [3.63, 3.8) is 0 Å². The number of anilines is 2. The van der Waals surface area contributed by atoms with Gasteiger partial charge >= 0.3 is 0 Å². The van der Waals surface area contributed by atoms with Crippen LogP contribution in [-0.2, 0) is 7.05 Å². The van der Waals surface area contributed by atoms with E-state index >= 15 is 0 Å². The van der Waals surface area contributed by atoms with Crippen molar-refractivity contribution in [1.82, 2.24) is 19.5 Å². The van der Waals surface area contributed by atoms with Crippen molar-refractivity contribution in [3.05, 3.63) is 66.0 Å². The molecule has 0 spiro atoms.